The highest BCUT2D eigenvalue weighted by molar-refractivity contribution is 5.04. The zero-order valence-corrected chi connectivity index (χ0v) is 13.5. The molecule has 0 amide bonds. The molecule has 1 aliphatic carbocycles. The van der Waals surface area contributed by atoms with Gasteiger partial charge < -0.3 is 10.2 Å². The predicted octanol–water partition coefficient (Wildman–Crippen LogP) is 2.06. The van der Waals surface area contributed by atoms with Gasteiger partial charge in [0.15, 0.2) is 0 Å². The summed E-state index contributed by atoms with van der Waals surface area (Å²) in [5.74, 6) is 0.853. The second kappa shape index (κ2) is 6.72. The van der Waals surface area contributed by atoms with E-state index in [0.29, 0.717) is 5.54 Å². The van der Waals surface area contributed by atoms with Crippen LogP contribution in [0.15, 0.2) is 12.4 Å². The van der Waals surface area contributed by atoms with Crippen LogP contribution in [0.2, 0.25) is 0 Å². The van der Waals surface area contributed by atoms with Crippen molar-refractivity contribution in [2.45, 2.75) is 44.6 Å². The van der Waals surface area contributed by atoms with Crippen LogP contribution >= 0.6 is 0 Å². The van der Waals surface area contributed by atoms with E-state index in [-0.39, 0.29) is 0 Å². The van der Waals surface area contributed by atoms with Crippen LogP contribution in [0, 0.1) is 5.92 Å². The van der Waals surface area contributed by atoms with Gasteiger partial charge in [0, 0.05) is 25.3 Å². The fraction of sp³-hybridized carbons (Fsp3) is 0.812. The minimum absolute atomic E-state index is 0.354. The van der Waals surface area contributed by atoms with Crippen molar-refractivity contribution < 1.29 is 0 Å². The Balaban J connectivity index is 1.80. The minimum Gasteiger partial charge on any atom is -0.315 e. The lowest BCUT2D eigenvalue weighted by atomic mass is 9.75. The van der Waals surface area contributed by atoms with E-state index in [1.165, 1.54) is 31.2 Å². The molecule has 4 heteroatoms. The first-order valence-corrected chi connectivity index (χ1v) is 7.87. The molecule has 1 N–H and O–H groups in total. The van der Waals surface area contributed by atoms with Crippen molar-refractivity contribution in [3.8, 4) is 0 Å². The maximum Gasteiger partial charge on any atom is 0.0522 e. The summed E-state index contributed by atoms with van der Waals surface area (Å²) in [4.78, 5) is 2.44. The highest BCUT2D eigenvalue weighted by atomic mass is 15.2. The van der Waals surface area contributed by atoms with Crippen molar-refractivity contribution in [2.24, 2.45) is 13.0 Å². The Morgan fingerprint density at radius 1 is 1.50 bits per heavy atom. The topological polar surface area (TPSA) is 33.1 Å². The van der Waals surface area contributed by atoms with E-state index < -0.39 is 0 Å². The molecule has 2 unspecified atom stereocenters. The molecule has 1 heterocycles. The zero-order valence-electron chi connectivity index (χ0n) is 13.5. The molecule has 1 aromatic rings. The van der Waals surface area contributed by atoms with Crippen LogP contribution in [0.1, 0.15) is 38.2 Å². The first kappa shape index (κ1) is 15.5. The molecule has 0 saturated heterocycles. The maximum atomic E-state index is 4.22. The average molecular weight is 278 g/mol. The van der Waals surface area contributed by atoms with Gasteiger partial charge in [-0.1, -0.05) is 19.8 Å². The van der Waals surface area contributed by atoms with Gasteiger partial charge in [-0.15, -0.1) is 0 Å². The van der Waals surface area contributed by atoms with Gasteiger partial charge in [-0.25, -0.2) is 0 Å². The highest BCUT2D eigenvalue weighted by Gasteiger charge is 2.36. The number of hydrogen-bond acceptors (Lipinski definition) is 3. The van der Waals surface area contributed by atoms with Gasteiger partial charge in [-0.3, -0.25) is 4.68 Å². The molecule has 2 rings (SSSR count). The Morgan fingerprint density at radius 2 is 2.30 bits per heavy atom. The number of aromatic nitrogens is 2. The Labute approximate surface area is 123 Å². The van der Waals surface area contributed by atoms with Crippen LogP contribution in [0.25, 0.3) is 0 Å². The smallest absolute Gasteiger partial charge is 0.0522 e. The normalized spacial score (nSPS) is 27.1. The summed E-state index contributed by atoms with van der Waals surface area (Å²) < 4.78 is 1.87. The van der Waals surface area contributed by atoms with Crippen molar-refractivity contribution in [1.82, 2.24) is 20.0 Å². The SMILES string of the molecule is CC1CCCC(CNCCc2cnn(C)c2)(N(C)C)C1. The lowest BCUT2D eigenvalue weighted by molar-refractivity contribution is 0.0755. The van der Waals surface area contributed by atoms with Crippen LogP contribution in [0.3, 0.4) is 0 Å². The Bertz CT molecular complexity index is 412. The fourth-order valence-corrected chi connectivity index (χ4v) is 3.51. The van der Waals surface area contributed by atoms with Crippen molar-refractivity contribution >= 4 is 0 Å². The van der Waals surface area contributed by atoms with Crippen LogP contribution in [0.5, 0.6) is 0 Å². The molecule has 1 aromatic heterocycles. The Morgan fingerprint density at radius 3 is 2.90 bits per heavy atom. The van der Waals surface area contributed by atoms with E-state index in [1.54, 1.807) is 0 Å². The van der Waals surface area contributed by atoms with E-state index in [4.69, 9.17) is 0 Å². The molecule has 1 aliphatic rings. The summed E-state index contributed by atoms with van der Waals surface area (Å²) in [6.07, 6.45) is 10.5. The summed E-state index contributed by atoms with van der Waals surface area (Å²) >= 11 is 0. The van der Waals surface area contributed by atoms with Gasteiger partial charge >= 0.3 is 0 Å². The molecule has 20 heavy (non-hydrogen) atoms. The van der Waals surface area contributed by atoms with Gasteiger partial charge in [-0.2, -0.15) is 5.10 Å². The molecule has 4 nitrogen and oxygen atoms in total. The third-order valence-corrected chi connectivity index (χ3v) is 4.82. The van der Waals surface area contributed by atoms with Gasteiger partial charge in [0.25, 0.3) is 0 Å². The van der Waals surface area contributed by atoms with E-state index in [0.717, 1.165) is 25.4 Å². The summed E-state index contributed by atoms with van der Waals surface area (Å²) in [7, 11) is 6.45. The molecule has 0 aliphatic heterocycles. The number of hydrogen-bond donors (Lipinski definition) is 1. The first-order chi connectivity index (χ1) is 9.52. The molecule has 0 aromatic carbocycles. The highest BCUT2D eigenvalue weighted by Crippen LogP contribution is 2.35. The Kier molecular flexibility index (Phi) is 5.22. The summed E-state index contributed by atoms with van der Waals surface area (Å²) in [5.41, 5.74) is 1.67. The van der Waals surface area contributed by atoms with Crippen LogP contribution in [-0.4, -0.2) is 47.4 Å². The van der Waals surface area contributed by atoms with E-state index in [2.05, 4.69) is 42.5 Å². The minimum atomic E-state index is 0.354. The predicted molar refractivity (Wildman–Crippen MR) is 83.8 cm³/mol. The van der Waals surface area contributed by atoms with Crippen molar-refractivity contribution in [2.75, 3.05) is 27.2 Å². The zero-order chi connectivity index (χ0) is 14.6. The van der Waals surface area contributed by atoms with E-state index in [1.807, 2.05) is 17.9 Å². The Hall–Kier alpha value is -0.870. The molecule has 1 fully saturated rings. The largest absolute Gasteiger partial charge is 0.315 e. The lowest BCUT2D eigenvalue weighted by Gasteiger charge is -2.45. The van der Waals surface area contributed by atoms with Gasteiger partial charge in [0.1, 0.15) is 0 Å². The average Bonchev–Trinajstić information content (AvgIpc) is 2.80. The molecule has 0 spiro atoms. The maximum absolute atomic E-state index is 4.22. The summed E-state index contributed by atoms with van der Waals surface area (Å²) in [6.45, 7) is 4.54. The van der Waals surface area contributed by atoms with Crippen molar-refractivity contribution in [3.05, 3.63) is 18.0 Å². The number of nitrogens with zero attached hydrogens (tertiary/aromatic N) is 3. The molecule has 0 radical (unpaired) electrons. The second-order valence-corrected chi connectivity index (χ2v) is 6.77. The molecular weight excluding hydrogens is 248 g/mol. The van der Waals surface area contributed by atoms with E-state index >= 15 is 0 Å². The lowest BCUT2D eigenvalue weighted by Crippen LogP contribution is -2.54. The summed E-state index contributed by atoms with van der Waals surface area (Å²) in [5, 5.41) is 7.89. The molecule has 1 saturated carbocycles. The number of likely N-dealkylation sites (N-methyl/N-ethyl adjacent to an activating group) is 1. The van der Waals surface area contributed by atoms with Gasteiger partial charge in [-0.05, 0) is 51.4 Å². The first-order valence-electron chi connectivity index (χ1n) is 7.87. The number of rotatable bonds is 6. The van der Waals surface area contributed by atoms with Crippen LogP contribution < -0.4 is 5.32 Å². The second-order valence-electron chi connectivity index (χ2n) is 6.77. The molecule has 0 bridgehead atoms. The van der Waals surface area contributed by atoms with E-state index in [9.17, 15) is 0 Å². The molecule has 2 atom stereocenters. The quantitative estimate of drug-likeness (QED) is 0.809. The number of aryl methyl sites for hydroxylation is 1. The fourth-order valence-electron chi connectivity index (χ4n) is 3.51. The molecular formula is C16H30N4. The molecule has 114 valence electrons. The monoisotopic (exact) mass is 278 g/mol. The van der Waals surface area contributed by atoms with Crippen LogP contribution in [-0.2, 0) is 13.5 Å². The van der Waals surface area contributed by atoms with Gasteiger partial charge in [0.05, 0.1) is 6.20 Å². The van der Waals surface area contributed by atoms with Crippen molar-refractivity contribution in [3.63, 3.8) is 0 Å². The van der Waals surface area contributed by atoms with Crippen molar-refractivity contribution in [1.29, 1.82) is 0 Å². The third-order valence-electron chi connectivity index (χ3n) is 4.82. The number of nitrogens with one attached hydrogen (secondary N) is 1. The van der Waals surface area contributed by atoms with Crippen LogP contribution in [0.4, 0.5) is 0 Å². The standard InChI is InChI=1S/C16H30N4/c1-14-6-5-8-16(10-14,19(2)3)13-17-9-7-15-11-18-20(4)12-15/h11-12,14,17H,5-10,13H2,1-4H3. The third kappa shape index (κ3) is 3.83. The summed E-state index contributed by atoms with van der Waals surface area (Å²) in [6, 6.07) is 0. The van der Waals surface area contributed by atoms with Gasteiger partial charge in [0.2, 0.25) is 0 Å².